The summed E-state index contributed by atoms with van der Waals surface area (Å²) < 4.78 is 5.69. The van der Waals surface area contributed by atoms with Crippen LogP contribution in [-0.2, 0) is 4.74 Å². The Bertz CT molecular complexity index is 543. The summed E-state index contributed by atoms with van der Waals surface area (Å²) in [5.74, 6) is 4.37. The van der Waals surface area contributed by atoms with Crippen LogP contribution in [0, 0.1) is 23.7 Å². The first-order valence-corrected chi connectivity index (χ1v) is 16.1. The fourth-order valence-corrected chi connectivity index (χ4v) is 4.22. The van der Waals surface area contributed by atoms with E-state index in [1.807, 2.05) is 6.07 Å². The molecule has 2 aliphatic carbocycles. The van der Waals surface area contributed by atoms with Crippen molar-refractivity contribution < 1.29 is 4.74 Å². The van der Waals surface area contributed by atoms with Gasteiger partial charge in [-0.2, -0.15) is 0 Å². The predicted molar refractivity (Wildman–Crippen MR) is 171 cm³/mol. The molecule has 0 N–H and O–H groups in total. The summed E-state index contributed by atoms with van der Waals surface area (Å²) in [5.41, 5.74) is 1.41. The van der Waals surface area contributed by atoms with Crippen molar-refractivity contribution in [1.29, 1.82) is 0 Å². The quantitative estimate of drug-likeness (QED) is 0.376. The van der Waals surface area contributed by atoms with E-state index < -0.39 is 0 Å². The maximum atomic E-state index is 5.69. The predicted octanol–water partition coefficient (Wildman–Crippen LogP) is 12.5. The Balaban J connectivity index is 0. The summed E-state index contributed by atoms with van der Waals surface area (Å²) in [4.78, 5) is 0. The second-order valence-corrected chi connectivity index (χ2v) is 13.2. The van der Waals surface area contributed by atoms with Gasteiger partial charge in [0.15, 0.2) is 0 Å². The fraction of sp³-hybridized carbons (Fsp3) is 0.833. The lowest BCUT2D eigenvalue weighted by Crippen LogP contribution is -2.20. The Morgan fingerprint density at radius 2 is 1.05 bits per heavy atom. The summed E-state index contributed by atoms with van der Waals surface area (Å²) in [6, 6.07) is 10.5. The van der Waals surface area contributed by atoms with Crippen molar-refractivity contribution in [2.75, 3.05) is 0 Å². The highest BCUT2D eigenvalue weighted by molar-refractivity contribution is 5.17. The Hall–Kier alpha value is -0.820. The van der Waals surface area contributed by atoms with Crippen molar-refractivity contribution >= 4 is 0 Å². The summed E-state index contributed by atoms with van der Waals surface area (Å²) in [6.07, 6.45) is 16.5. The zero-order valence-corrected chi connectivity index (χ0v) is 27.6. The molecule has 0 unspecified atom stereocenters. The van der Waals surface area contributed by atoms with Gasteiger partial charge >= 0.3 is 0 Å². The van der Waals surface area contributed by atoms with E-state index in [1.165, 1.54) is 76.2 Å². The maximum Gasteiger partial charge on any atom is 0.0578 e. The Labute approximate surface area is 236 Å². The third-order valence-electron chi connectivity index (χ3n) is 6.89. The van der Waals surface area contributed by atoms with E-state index in [1.54, 1.807) is 0 Å². The molecule has 1 aromatic carbocycles. The Morgan fingerprint density at radius 1 is 0.649 bits per heavy atom. The maximum absolute atomic E-state index is 5.69. The highest BCUT2D eigenvalue weighted by Crippen LogP contribution is 2.29. The van der Waals surface area contributed by atoms with Gasteiger partial charge in [-0.05, 0) is 61.8 Å². The number of ether oxygens (including phenoxy) is 1. The molecule has 2 fully saturated rings. The molecule has 1 heteroatoms. The van der Waals surface area contributed by atoms with Crippen LogP contribution in [0.25, 0.3) is 0 Å². The van der Waals surface area contributed by atoms with Crippen molar-refractivity contribution in [1.82, 2.24) is 0 Å². The SMILES string of the molecule is CC(C)C.CC(C)C1CCCCC1.CC(C)OC1CCCCC1.CC(C)c1ccccc1.CCC(C)C. The van der Waals surface area contributed by atoms with Gasteiger partial charge in [0.25, 0.3) is 0 Å². The molecule has 0 amide bonds. The second kappa shape index (κ2) is 25.5. The molecule has 1 nitrogen and oxygen atoms in total. The first kappa shape index (κ1) is 38.3. The summed E-state index contributed by atoms with van der Waals surface area (Å²) in [5, 5.41) is 0. The first-order valence-electron chi connectivity index (χ1n) is 16.1. The highest BCUT2D eigenvalue weighted by Gasteiger charge is 2.16. The summed E-state index contributed by atoms with van der Waals surface area (Å²) in [6.45, 7) is 26.5. The Morgan fingerprint density at radius 3 is 1.32 bits per heavy atom. The van der Waals surface area contributed by atoms with Gasteiger partial charge in [-0.25, -0.2) is 0 Å². The van der Waals surface area contributed by atoms with Crippen LogP contribution in [0.4, 0.5) is 0 Å². The van der Waals surface area contributed by atoms with E-state index >= 15 is 0 Å². The number of hydrogen-bond donors (Lipinski definition) is 0. The lowest BCUT2D eigenvalue weighted by Gasteiger charge is -2.24. The molecular weight excluding hydrogens is 448 g/mol. The topological polar surface area (TPSA) is 9.23 Å². The van der Waals surface area contributed by atoms with Crippen LogP contribution in [-0.4, -0.2) is 12.2 Å². The second-order valence-electron chi connectivity index (χ2n) is 13.2. The molecule has 0 bridgehead atoms. The zero-order chi connectivity index (χ0) is 28.6. The minimum absolute atomic E-state index is 0.420. The molecule has 0 radical (unpaired) electrons. The van der Waals surface area contributed by atoms with Gasteiger partial charge in [0, 0.05) is 0 Å². The zero-order valence-electron chi connectivity index (χ0n) is 27.6. The average molecular weight is 519 g/mol. The monoisotopic (exact) mass is 519 g/mol. The minimum atomic E-state index is 0.420. The molecule has 37 heavy (non-hydrogen) atoms. The van der Waals surface area contributed by atoms with Crippen LogP contribution in [0.15, 0.2) is 30.3 Å². The minimum Gasteiger partial charge on any atom is -0.376 e. The Kier molecular flexibility index (Phi) is 26.4. The van der Waals surface area contributed by atoms with Crippen LogP contribution >= 0.6 is 0 Å². The third-order valence-corrected chi connectivity index (χ3v) is 6.89. The van der Waals surface area contributed by atoms with Crippen LogP contribution in [0.5, 0.6) is 0 Å². The average Bonchev–Trinajstić information content (AvgIpc) is 2.86. The number of hydrogen-bond acceptors (Lipinski definition) is 1. The van der Waals surface area contributed by atoms with Gasteiger partial charge in [-0.15, -0.1) is 0 Å². The van der Waals surface area contributed by atoms with Crippen molar-refractivity contribution in [2.45, 2.75) is 172 Å². The largest absolute Gasteiger partial charge is 0.376 e. The van der Waals surface area contributed by atoms with Crippen molar-refractivity contribution in [2.24, 2.45) is 23.7 Å². The molecule has 3 rings (SSSR count). The molecule has 0 heterocycles. The smallest absolute Gasteiger partial charge is 0.0578 e. The van der Waals surface area contributed by atoms with Gasteiger partial charge < -0.3 is 4.74 Å². The van der Waals surface area contributed by atoms with E-state index in [-0.39, 0.29) is 0 Å². The highest BCUT2D eigenvalue weighted by atomic mass is 16.5. The van der Waals surface area contributed by atoms with Gasteiger partial charge in [-0.1, -0.05) is 157 Å². The van der Waals surface area contributed by atoms with Crippen molar-refractivity contribution in [3.63, 3.8) is 0 Å². The molecule has 220 valence electrons. The third kappa shape index (κ3) is 28.0. The van der Waals surface area contributed by atoms with Crippen molar-refractivity contribution in [3.8, 4) is 0 Å². The van der Waals surface area contributed by atoms with Gasteiger partial charge in [0.1, 0.15) is 0 Å². The van der Waals surface area contributed by atoms with Gasteiger partial charge in [0.05, 0.1) is 12.2 Å². The molecule has 2 saturated carbocycles. The van der Waals surface area contributed by atoms with Crippen LogP contribution in [0.2, 0.25) is 0 Å². The standard InChI is InChI=1S/C9H18O.C9H18.C9H12.C5H12.C4H10/c1-8(2)10-9-6-4-3-5-7-9;2*1-8(2)9-6-4-3-5-7-9;1-4-5(2)3;1-4(2)3/h8-9H,3-7H2,1-2H3;8-9H,3-7H2,1-2H3;3-8H,1-2H3;5H,4H2,1-3H3;4H,1-3H3. The normalized spacial score (nSPS) is 16.2. The van der Waals surface area contributed by atoms with Crippen LogP contribution in [0.1, 0.15) is 165 Å². The van der Waals surface area contributed by atoms with E-state index in [0.29, 0.717) is 18.1 Å². The van der Waals surface area contributed by atoms with Gasteiger partial charge in [0.2, 0.25) is 0 Å². The number of rotatable bonds is 5. The molecule has 0 atom stereocenters. The molecule has 0 saturated heterocycles. The van der Waals surface area contributed by atoms with E-state index in [9.17, 15) is 0 Å². The molecule has 0 spiro atoms. The molecule has 0 aliphatic heterocycles. The molecule has 0 aromatic heterocycles. The van der Waals surface area contributed by atoms with Crippen LogP contribution in [0.3, 0.4) is 0 Å². The van der Waals surface area contributed by atoms with Gasteiger partial charge in [-0.3, -0.25) is 0 Å². The lowest BCUT2D eigenvalue weighted by molar-refractivity contribution is -0.0117. The molecule has 2 aliphatic rings. The van der Waals surface area contributed by atoms with Crippen LogP contribution < -0.4 is 0 Å². The lowest BCUT2D eigenvalue weighted by atomic mass is 9.82. The molecular formula is C36H70O. The number of benzene rings is 1. The summed E-state index contributed by atoms with van der Waals surface area (Å²) in [7, 11) is 0. The summed E-state index contributed by atoms with van der Waals surface area (Å²) >= 11 is 0. The molecule has 1 aromatic rings. The van der Waals surface area contributed by atoms with E-state index in [2.05, 4.69) is 107 Å². The first-order chi connectivity index (χ1) is 17.4. The van der Waals surface area contributed by atoms with E-state index in [4.69, 9.17) is 4.74 Å². The van der Waals surface area contributed by atoms with E-state index in [0.717, 1.165) is 23.7 Å². The fourth-order valence-electron chi connectivity index (χ4n) is 4.22. The van der Waals surface area contributed by atoms with Crippen molar-refractivity contribution in [3.05, 3.63) is 35.9 Å².